The molecule has 0 aromatic heterocycles. The fourth-order valence-corrected chi connectivity index (χ4v) is 3.01. The van der Waals surface area contributed by atoms with E-state index >= 15 is 0 Å². The maximum Gasteiger partial charge on any atom is 0.306 e. The fraction of sp³-hybridized carbons (Fsp3) is 0.143. The molecule has 30 heavy (non-hydrogen) atoms. The first kappa shape index (κ1) is 23.7. The summed E-state index contributed by atoms with van der Waals surface area (Å²) in [4.78, 5) is 0. The van der Waals surface area contributed by atoms with Crippen LogP contribution >= 0.6 is 0 Å². The third-order valence-electron chi connectivity index (χ3n) is 3.17. The molecular formula is C14H6F8O6S2. The smallest absolute Gasteiger partial charge is 0.306 e. The van der Waals surface area contributed by atoms with E-state index in [4.69, 9.17) is 0 Å². The second-order valence-electron chi connectivity index (χ2n) is 5.50. The summed E-state index contributed by atoms with van der Waals surface area (Å²) >= 11 is 0. The van der Waals surface area contributed by atoms with Crippen molar-refractivity contribution in [2.24, 2.45) is 0 Å². The molecule has 2 aromatic rings. The first-order chi connectivity index (χ1) is 13.5. The minimum atomic E-state index is -4.74. The van der Waals surface area contributed by atoms with Gasteiger partial charge in [-0.3, -0.25) is 0 Å². The number of rotatable bonds is 5. The van der Waals surface area contributed by atoms with Gasteiger partial charge in [-0.2, -0.15) is 34.4 Å². The van der Waals surface area contributed by atoms with E-state index in [1.165, 1.54) is 0 Å². The summed E-state index contributed by atoms with van der Waals surface area (Å²) in [7, 11) is -9.48. The van der Waals surface area contributed by atoms with Crippen LogP contribution in [0.3, 0.4) is 0 Å². The van der Waals surface area contributed by atoms with Gasteiger partial charge in [-0.25, -0.2) is 17.6 Å². The van der Waals surface area contributed by atoms with Crippen LogP contribution in [0.25, 0.3) is 11.1 Å². The highest BCUT2D eigenvalue weighted by atomic mass is 32.2. The molecule has 0 saturated heterocycles. The van der Waals surface area contributed by atoms with Crippen LogP contribution in [0.5, 0.6) is 11.5 Å². The van der Waals surface area contributed by atoms with Gasteiger partial charge in [0.05, 0.1) is 23.6 Å². The quantitative estimate of drug-likeness (QED) is 0.367. The molecule has 0 saturated carbocycles. The molecule has 2 rings (SSSR count). The molecule has 0 spiro atoms. The highest BCUT2D eigenvalue weighted by Crippen LogP contribution is 2.42. The molecule has 0 atom stereocenters. The monoisotopic (exact) mass is 486 g/mol. The van der Waals surface area contributed by atoms with Gasteiger partial charge < -0.3 is 8.37 Å². The minimum absolute atomic E-state index is 0.236. The van der Waals surface area contributed by atoms with E-state index in [0.29, 0.717) is 0 Å². The molecular weight excluding hydrogens is 480 g/mol. The lowest BCUT2D eigenvalue weighted by molar-refractivity contribution is 0.383. The van der Waals surface area contributed by atoms with Gasteiger partial charge in [0.25, 0.3) is 0 Å². The third kappa shape index (κ3) is 4.28. The Kier molecular flexibility index (Phi) is 5.97. The Bertz CT molecular complexity index is 1120. The van der Waals surface area contributed by atoms with Crippen molar-refractivity contribution >= 4 is 20.2 Å². The molecule has 166 valence electrons. The molecule has 0 radical (unpaired) electrons. The molecule has 0 aliphatic carbocycles. The van der Waals surface area contributed by atoms with Crippen LogP contribution in [0.1, 0.15) is 0 Å². The molecule has 0 heterocycles. The summed E-state index contributed by atoms with van der Waals surface area (Å²) in [6, 6.07) is 0. The third-order valence-corrected chi connectivity index (χ3v) is 4.10. The average molecular weight is 486 g/mol. The van der Waals surface area contributed by atoms with E-state index < -0.39 is 89.4 Å². The predicted octanol–water partition coefficient (Wildman–Crippen LogP) is 3.14. The van der Waals surface area contributed by atoms with E-state index in [2.05, 4.69) is 8.37 Å². The van der Waals surface area contributed by atoms with E-state index in [1.807, 2.05) is 0 Å². The van der Waals surface area contributed by atoms with Crippen LogP contribution in [-0.2, 0) is 20.2 Å². The Hall–Kier alpha value is -2.62. The maximum absolute atomic E-state index is 14.2. The Morgan fingerprint density at radius 1 is 0.467 bits per heavy atom. The van der Waals surface area contributed by atoms with Gasteiger partial charge in [0.1, 0.15) is 0 Å². The molecule has 0 aliphatic heterocycles. The Balaban J connectivity index is 2.93. The standard InChI is InChI=1S/C14H6F8O6S2/c1-29(23,24)27-13-9(19)5(15)3(6(16)10(13)20)4-7(17)11(21)14(12(22)8(4)18)28-30(2,25)26/h1-2H3. The van der Waals surface area contributed by atoms with E-state index in [9.17, 15) is 52.0 Å². The Labute approximate surface area is 162 Å². The summed E-state index contributed by atoms with van der Waals surface area (Å²) < 4.78 is 164. The van der Waals surface area contributed by atoms with Crippen molar-refractivity contribution in [2.45, 2.75) is 0 Å². The highest BCUT2D eigenvalue weighted by Gasteiger charge is 2.36. The molecule has 0 N–H and O–H groups in total. The summed E-state index contributed by atoms with van der Waals surface area (Å²) in [5.74, 6) is -25.5. The molecule has 0 bridgehead atoms. The second kappa shape index (κ2) is 7.57. The summed E-state index contributed by atoms with van der Waals surface area (Å²) in [6.45, 7) is 0. The molecule has 0 aliphatic rings. The molecule has 0 fully saturated rings. The second-order valence-corrected chi connectivity index (χ2v) is 8.64. The van der Waals surface area contributed by atoms with Gasteiger partial charge in [-0.15, -0.1) is 0 Å². The molecule has 0 amide bonds. The van der Waals surface area contributed by atoms with Crippen molar-refractivity contribution in [3.05, 3.63) is 46.5 Å². The van der Waals surface area contributed by atoms with Crippen molar-refractivity contribution in [3.63, 3.8) is 0 Å². The van der Waals surface area contributed by atoms with Crippen molar-refractivity contribution in [1.82, 2.24) is 0 Å². The molecule has 0 unspecified atom stereocenters. The normalized spacial score (nSPS) is 12.2. The van der Waals surface area contributed by atoms with Crippen molar-refractivity contribution in [1.29, 1.82) is 0 Å². The van der Waals surface area contributed by atoms with Crippen LogP contribution in [0, 0.1) is 46.5 Å². The van der Waals surface area contributed by atoms with Crippen LogP contribution in [0.2, 0.25) is 0 Å². The van der Waals surface area contributed by atoms with Crippen molar-refractivity contribution in [2.75, 3.05) is 12.5 Å². The summed E-state index contributed by atoms with van der Waals surface area (Å²) in [5, 5.41) is 0. The topological polar surface area (TPSA) is 86.7 Å². The van der Waals surface area contributed by atoms with E-state index in [0.717, 1.165) is 0 Å². The number of hydrogen-bond acceptors (Lipinski definition) is 6. The van der Waals surface area contributed by atoms with Crippen LogP contribution in [0.4, 0.5) is 35.1 Å². The number of hydrogen-bond donors (Lipinski definition) is 0. The van der Waals surface area contributed by atoms with E-state index in [1.54, 1.807) is 0 Å². The lowest BCUT2D eigenvalue weighted by Crippen LogP contribution is -2.14. The van der Waals surface area contributed by atoms with Gasteiger partial charge in [0.15, 0.2) is 23.3 Å². The zero-order valence-corrected chi connectivity index (χ0v) is 15.9. The maximum atomic E-state index is 14.2. The Morgan fingerprint density at radius 2 is 0.667 bits per heavy atom. The predicted molar refractivity (Wildman–Crippen MR) is 82.5 cm³/mol. The molecule has 16 heteroatoms. The van der Waals surface area contributed by atoms with Crippen LogP contribution < -0.4 is 8.37 Å². The van der Waals surface area contributed by atoms with Gasteiger partial charge in [0, 0.05) is 0 Å². The number of halogens is 8. The van der Waals surface area contributed by atoms with Crippen LogP contribution in [0.15, 0.2) is 0 Å². The summed E-state index contributed by atoms with van der Waals surface area (Å²) in [6.07, 6.45) is 0.473. The largest absolute Gasteiger partial charge is 0.376 e. The fourth-order valence-electron chi connectivity index (χ4n) is 2.11. The minimum Gasteiger partial charge on any atom is -0.376 e. The van der Waals surface area contributed by atoms with Gasteiger partial charge >= 0.3 is 20.2 Å². The van der Waals surface area contributed by atoms with Gasteiger partial charge in [-0.1, -0.05) is 0 Å². The molecule has 2 aromatic carbocycles. The zero-order valence-electron chi connectivity index (χ0n) is 14.3. The molecule has 6 nitrogen and oxygen atoms in total. The summed E-state index contributed by atoms with van der Waals surface area (Å²) in [5.41, 5.74) is -4.63. The SMILES string of the molecule is CS(=O)(=O)Oc1c(F)c(F)c(-c2c(F)c(F)c(OS(C)(=O)=O)c(F)c2F)c(F)c1F. The zero-order chi connectivity index (χ0) is 23.3. The highest BCUT2D eigenvalue weighted by molar-refractivity contribution is 7.86. The van der Waals surface area contributed by atoms with Gasteiger partial charge in [0.2, 0.25) is 34.8 Å². The van der Waals surface area contributed by atoms with Crippen LogP contribution in [-0.4, -0.2) is 29.3 Å². The lowest BCUT2D eigenvalue weighted by atomic mass is 10.0. The van der Waals surface area contributed by atoms with E-state index in [-0.39, 0.29) is 12.5 Å². The number of benzene rings is 2. The Morgan fingerprint density at radius 3 is 0.833 bits per heavy atom. The van der Waals surface area contributed by atoms with Crippen molar-refractivity contribution < 1.29 is 60.3 Å². The van der Waals surface area contributed by atoms with Gasteiger partial charge in [-0.05, 0) is 0 Å². The first-order valence-corrected chi connectivity index (χ1v) is 10.6. The lowest BCUT2D eigenvalue weighted by Gasteiger charge is -2.15. The first-order valence-electron chi connectivity index (χ1n) is 6.99. The average Bonchev–Trinajstić information content (AvgIpc) is 2.60. The van der Waals surface area contributed by atoms with Crippen molar-refractivity contribution in [3.8, 4) is 22.6 Å².